The van der Waals surface area contributed by atoms with Gasteiger partial charge in [0.15, 0.2) is 5.65 Å². The highest BCUT2D eigenvalue weighted by atomic mass is 127. The number of fused-ring (bicyclic) bond motifs is 1. The molecule has 0 atom stereocenters. The van der Waals surface area contributed by atoms with E-state index in [2.05, 4.69) is 30.7 Å². The summed E-state index contributed by atoms with van der Waals surface area (Å²) in [5.41, 5.74) is 1.49. The van der Waals surface area contributed by atoms with Gasteiger partial charge >= 0.3 is 6.61 Å². The van der Waals surface area contributed by atoms with Crippen molar-refractivity contribution < 1.29 is 18.3 Å². The molecule has 4 aromatic heterocycles. The number of aromatic amines is 1. The molecule has 1 aromatic carbocycles. The van der Waals surface area contributed by atoms with E-state index in [4.69, 9.17) is 4.74 Å². The van der Waals surface area contributed by atoms with Crippen molar-refractivity contribution in [1.82, 2.24) is 32.8 Å². The van der Waals surface area contributed by atoms with Crippen LogP contribution >= 0.6 is 34.6 Å². The zero-order valence-corrected chi connectivity index (χ0v) is 19.9. The van der Waals surface area contributed by atoms with Gasteiger partial charge in [0.25, 0.3) is 5.91 Å². The summed E-state index contributed by atoms with van der Waals surface area (Å²) in [7, 11) is 0. The molecule has 5 rings (SSSR count). The third-order valence-corrected chi connectivity index (χ3v) is 6.03. The van der Waals surface area contributed by atoms with Gasteiger partial charge in [0, 0.05) is 33.9 Å². The number of H-pyrrole nitrogens is 1. The summed E-state index contributed by atoms with van der Waals surface area (Å²) in [6, 6.07) is 6.46. The first-order valence-electron chi connectivity index (χ1n) is 9.59. The van der Waals surface area contributed by atoms with Crippen molar-refractivity contribution in [1.29, 1.82) is 0 Å². The molecular weight excluding hydrogens is 581 g/mol. The largest absolute Gasteiger partial charge is 0.434 e. The molecular formula is C20H13F2IN8O2S. The number of carbonyl (C=O) groups excluding carboxylic acids is 1. The van der Waals surface area contributed by atoms with E-state index in [0.29, 0.717) is 11.3 Å². The summed E-state index contributed by atoms with van der Waals surface area (Å²) in [5.74, 6) is -0.547. The van der Waals surface area contributed by atoms with Gasteiger partial charge in [-0.1, -0.05) is 11.8 Å². The Morgan fingerprint density at radius 1 is 1.26 bits per heavy atom. The minimum atomic E-state index is -3.03. The van der Waals surface area contributed by atoms with Crippen LogP contribution in [-0.2, 0) is 0 Å². The van der Waals surface area contributed by atoms with Crippen LogP contribution in [-0.4, -0.2) is 45.3 Å². The van der Waals surface area contributed by atoms with E-state index in [-0.39, 0.29) is 22.6 Å². The molecule has 5 aromatic rings. The third-order valence-electron chi connectivity index (χ3n) is 4.59. The highest BCUT2D eigenvalue weighted by Crippen LogP contribution is 2.39. The number of aromatic nitrogens is 7. The summed E-state index contributed by atoms with van der Waals surface area (Å²) >= 11 is 3.29. The average Bonchev–Trinajstić information content (AvgIpc) is 3.54. The lowest BCUT2D eigenvalue weighted by Gasteiger charge is -2.12. The number of alkyl halides is 2. The predicted octanol–water partition coefficient (Wildman–Crippen LogP) is 4.52. The van der Waals surface area contributed by atoms with Gasteiger partial charge in [-0.25, -0.2) is 12.4 Å². The van der Waals surface area contributed by atoms with Crippen LogP contribution in [0.2, 0.25) is 0 Å². The zero-order chi connectivity index (χ0) is 23.7. The number of benzene rings is 1. The van der Waals surface area contributed by atoms with E-state index in [1.165, 1.54) is 31.4 Å². The number of amides is 1. The molecule has 0 radical (unpaired) electrons. The second-order valence-corrected chi connectivity index (χ2v) is 8.89. The second kappa shape index (κ2) is 9.38. The fourth-order valence-electron chi connectivity index (χ4n) is 3.20. The number of halogens is 3. The summed E-state index contributed by atoms with van der Waals surface area (Å²) < 4.78 is 33.9. The molecule has 0 aliphatic carbocycles. The Labute approximate surface area is 208 Å². The van der Waals surface area contributed by atoms with E-state index < -0.39 is 12.5 Å². The maximum Gasteiger partial charge on any atom is 0.387 e. The molecule has 0 aliphatic heterocycles. The number of ether oxygens (including phenoxy) is 1. The number of hydrogen-bond acceptors (Lipinski definition) is 7. The monoisotopic (exact) mass is 594 g/mol. The van der Waals surface area contributed by atoms with Crippen LogP contribution in [0, 0.1) is 0 Å². The Bertz CT molecular complexity index is 1470. The second-order valence-electron chi connectivity index (χ2n) is 6.75. The number of hydrogen-bond donors (Lipinski definition) is 2. The number of nitrogens with one attached hydrogen (secondary N) is 2. The van der Waals surface area contributed by atoms with Crippen molar-refractivity contribution in [2.75, 3.05) is 5.32 Å². The summed E-state index contributed by atoms with van der Waals surface area (Å²) in [6.45, 7) is -3.03. The Balaban J connectivity index is 1.52. The van der Waals surface area contributed by atoms with Crippen LogP contribution < -0.4 is 10.1 Å². The zero-order valence-electron chi connectivity index (χ0n) is 16.9. The van der Waals surface area contributed by atoms with Crippen molar-refractivity contribution >= 4 is 51.9 Å². The van der Waals surface area contributed by atoms with Crippen molar-refractivity contribution in [3.8, 4) is 17.0 Å². The molecule has 0 saturated heterocycles. The molecule has 14 heteroatoms. The van der Waals surface area contributed by atoms with E-state index in [0.717, 1.165) is 9.79 Å². The fraction of sp³-hybridized carbons (Fsp3) is 0.0500. The molecule has 4 heterocycles. The first-order chi connectivity index (χ1) is 16.5. The molecule has 0 unspecified atom stereocenters. The normalized spacial score (nSPS) is 11.3. The number of carbonyl (C=O) groups is 1. The summed E-state index contributed by atoms with van der Waals surface area (Å²) in [5, 5.41) is 17.9. The van der Waals surface area contributed by atoms with Gasteiger partial charge in [-0.2, -0.15) is 24.1 Å². The molecule has 0 saturated carbocycles. The minimum absolute atomic E-state index is 0.0743. The number of rotatable bonds is 7. The summed E-state index contributed by atoms with van der Waals surface area (Å²) in [6.07, 6.45) is 9.55. The highest BCUT2D eigenvalue weighted by molar-refractivity contribution is 14.1. The van der Waals surface area contributed by atoms with E-state index in [1.807, 2.05) is 22.9 Å². The van der Waals surface area contributed by atoms with Gasteiger partial charge < -0.3 is 10.1 Å². The summed E-state index contributed by atoms with van der Waals surface area (Å²) in [4.78, 5) is 18.8. The van der Waals surface area contributed by atoms with Crippen LogP contribution in [0.3, 0.4) is 0 Å². The lowest BCUT2D eigenvalue weighted by molar-refractivity contribution is -0.0494. The maximum absolute atomic E-state index is 13.1. The average molecular weight is 594 g/mol. The van der Waals surface area contributed by atoms with Crippen molar-refractivity contribution in [3.05, 3.63) is 67.0 Å². The van der Waals surface area contributed by atoms with Crippen LogP contribution in [0.25, 0.3) is 16.9 Å². The van der Waals surface area contributed by atoms with Gasteiger partial charge in [-0.3, -0.25) is 9.89 Å². The van der Waals surface area contributed by atoms with E-state index >= 15 is 0 Å². The minimum Gasteiger partial charge on any atom is -0.434 e. The van der Waals surface area contributed by atoms with Crippen LogP contribution in [0.1, 0.15) is 10.4 Å². The molecule has 34 heavy (non-hydrogen) atoms. The van der Waals surface area contributed by atoms with Gasteiger partial charge in [0.1, 0.15) is 17.0 Å². The van der Waals surface area contributed by atoms with Gasteiger partial charge in [0.2, 0.25) is 0 Å². The van der Waals surface area contributed by atoms with Gasteiger partial charge in [0.05, 0.1) is 47.1 Å². The Hall–Kier alpha value is -3.53. The van der Waals surface area contributed by atoms with Gasteiger partial charge in [-0.15, -0.1) is 0 Å². The molecule has 0 bridgehead atoms. The fourth-order valence-corrected chi connectivity index (χ4v) is 4.50. The quantitative estimate of drug-likeness (QED) is 0.267. The SMILES string of the molecule is O=C(Nc1cn(I)nc1-c1cc(Sc2cn[nH]c2)ccc1OC(F)F)c1cnn2cccnc12. The molecule has 2 N–H and O–H groups in total. The van der Waals surface area contributed by atoms with E-state index in [9.17, 15) is 13.6 Å². The topological polar surface area (TPSA) is 115 Å². The van der Waals surface area contributed by atoms with E-state index in [1.54, 1.807) is 49.2 Å². The lowest BCUT2D eigenvalue weighted by Crippen LogP contribution is -2.12. The standard InChI is InChI=1S/C20H13F2IN8O2S/c21-20(22)33-16-3-2-11(34-12-7-25-26-8-12)6-13(16)17-15(10-31(23)29-17)28-19(32)14-9-27-30-5-1-4-24-18(14)30/h1-10,20H,(H,25,26)(H,28,32). The van der Waals surface area contributed by atoms with Crippen molar-refractivity contribution in [3.63, 3.8) is 0 Å². The van der Waals surface area contributed by atoms with Crippen LogP contribution in [0.5, 0.6) is 5.75 Å². The van der Waals surface area contributed by atoms with Crippen molar-refractivity contribution in [2.45, 2.75) is 16.4 Å². The highest BCUT2D eigenvalue weighted by Gasteiger charge is 2.22. The Morgan fingerprint density at radius 3 is 2.94 bits per heavy atom. The molecule has 0 fully saturated rings. The molecule has 172 valence electrons. The predicted molar refractivity (Wildman–Crippen MR) is 127 cm³/mol. The molecule has 0 spiro atoms. The van der Waals surface area contributed by atoms with Crippen molar-refractivity contribution in [2.24, 2.45) is 0 Å². The smallest absolute Gasteiger partial charge is 0.387 e. The molecule has 10 nitrogen and oxygen atoms in total. The lowest BCUT2D eigenvalue weighted by atomic mass is 10.1. The first-order valence-corrected chi connectivity index (χ1v) is 11.4. The van der Waals surface area contributed by atoms with Gasteiger partial charge in [-0.05, 0) is 24.3 Å². The molecule has 0 aliphatic rings. The number of nitrogens with zero attached hydrogens (tertiary/aromatic N) is 6. The van der Waals surface area contributed by atoms with Crippen LogP contribution in [0.4, 0.5) is 14.5 Å². The molecule has 1 amide bonds. The Kier molecular flexibility index (Phi) is 6.14. The number of anilines is 1. The Morgan fingerprint density at radius 2 is 2.15 bits per heavy atom. The maximum atomic E-state index is 13.1. The van der Waals surface area contributed by atoms with Crippen LogP contribution in [0.15, 0.2) is 71.2 Å². The third kappa shape index (κ3) is 4.58. The first kappa shape index (κ1) is 22.3.